The Balaban J connectivity index is 2.23. The van der Waals surface area contributed by atoms with Crippen molar-refractivity contribution < 1.29 is 18.3 Å². The summed E-state index contributed by atoms with van der Waals surface area (Å²) in [7, 11) is 0. The highest BCUT2D eigenvalue weighted by atomic mass is 32.2. The molecule has 5 heteroatoms. The molecule has 1 aromatic carbocycles. The zero-order chi connectivity index (χ0) is 13.6. The lowest BCUT2D eigenvalue weighted by atomic mass is 10.2. The summed E-state index contributed by atoms with van der Waals surface area (Å²) in [5.41, 5.74) is 1.13. The smallest absolute Gasteiger partial charge is 0.389 e. The van der Waals surface area contributed by atoms with Gasteiger partial charge in [-0.1, -0.05) is 17.7 Å². The van der Waals surface area contributed by atoms with Gasteiger partial charge in [-0.3, -0.25) is 0 Å². The highest BCUT2D eigenvalue weighted by molar-refractivity contribution is 7.99. The Hall–Kier alpha value is -0.680. The molecule has 1 unspecified atom stereocenters. The molecule has 18 heavy (non-hydrogen) atoms. The van der Waals surface area contributed by atoms with Crippen molar-refractivity contribution >= 4 is 11.8 Å². The van der Waals surface area contributed by atoms with Crippen LogP contribution in [0.5, 0.6) is 0 Å². The first-order valence-corrected chi connectivity index (χ1v) is 6.79. The number of benzene rings is 1. The molecule has 0 saturated carbocycles. The Morgan fingerprint density at radius 1 is 1.33 bits per heavy atom. The van der Waals surface area contributed by atoms with Crippen LogP contribution in [-0.4, -0.2) is 23.1 Å². The van der Waals surface area contributed by atoms with Gasteiger partial charge in [0.1, 0.15) is 0 Å². The van der Waals surface area contributed by atoms with E-state index in [1.54, 1.807) is 0 Å². The first-order valence-electron chi connectivity index (χ1n) is 5.81. The van der Waals surface area contributed by atoms with Crippen molar-refractivity contribution in [1.29, 1.82) is 0 Å². The number of thioether (sulfide) groups is 1. The number of halogens is 3. The number of hydrogen-bond donors (Lipinski definition) is 1. The molecule has 102 valence electrons. The van der Waals surface area contributed by atoms with Crippen molar-refractivity contribution in [2.45, 2.75) is 43.4 Å². The van der Waals surface area contributed by atoms with Crippen LogP contribution in [0.15, 0.2) is 29.2 Å². The quantitative estimate of drug-likeness (QED) is 0.788. The summed E-state index contributed by atoms with van der Waals surface area (Å²) in [5.74, 6) is 0.432. The SMILES string of the molecule is Cc1cccc(SCC(O)CCCC(F)(F)F)c1. The van der Waals surface area contributed by atoms with Crippen molar-refractivity contribution in [1.82, 2.24) is 0 Å². The van der Waals surface area contributed by atoms with Crippen LogP contribution >= 0.6 is 11.8 Å². The molecule has 0 bridgehead atoms. The van der Waals surface area contributed by atoms with Gasteiger partial charge < -0.3 is 5.11 Å². The molecule has 0 spiro atoms. The topological polar surface area (TPSA) is 20.2 Å². The van der Waals surface area contributed by atoms with Crippen LogP contribution in [-0.2, 0) is 0 Å². The first kappa shape index (κ1) is 15.4. The molecular formula is C13H17F3OS. The summed E-state index contributed by atoms with van der Waals surface area (Å²) >= 11 is 1.47. The molecule has 0 aliphatic carbocycles. The maximum Gasteiger partial charge on any atom is 0.389 e. The molecular weight excluding hydrogens is 261 g/mol. The third-order valence-corrected chi connectivity index (χ3v) is 3.57. The fourth-order valence-corrected chi connectivity index (χ4v) is 2.51. The molecule has 1 N–H and O–H groups in total. The molecule has 0 fully saturated rings. The minimum atomic E-state index is -4.12. The first-order chi connectivity index (χ1) is 8.37. The van der Waals surface area contributed by atoms with Crippen LogP contribution in [0.4, 0.5) is 13.2 Å². The average molecular weight is 278 g/mol. The fourth-order valence-electron chi connectivity index (χ4n) is 1.52. The van der Waals surface area contributed by atoms with Crippen molar-refractivity contribution in [3.8, 4) is 0 Å². The number of rotatable bonds is 6. The normalized spacial score (nSPS) is 13.6. The third-order valence-electron chi connectivity index (χ3n) is 2.43. The van der Waals surface area contributed by atoms with E-state index in [-0.39, 0.29) is 12.8 Å². The number of hydrogen-bond acceptors (Lipinski definition) is 2. The summed E-state index contributed by atoms with van der Waals surface area (Å²) in [6.07, 6.45) is -5.45. The van der Waals surface area contributed by atoms with Crippen molar-refractivity contribution in [2.24, 2.45) is 0 Å². The molecule has 0 saturated heterocycles. The van der Waals surface area contributed by atoms with E-state index in [0.29, 0.717) is 5.75 Å². The second kappa shape index (κ2) is 7.04. The van der Waals surface area contributed by atoms with Crippen LogP contribution < -0.4 is 0 Å². The van der Waals surface area contributed by atoms with Gasteiger partial charge in [0.2, 0.25) is 0 Å². The van der Waals surface area contributed by atoms with Crippen molar-refractivity contribution in [2.75, 3.05) is 5.75 Å². The molecule has 0 heterocycles. The Bertz CT molecular complexity index is 365. The van der Waals surface area contributed by atoms with Gasteiger partial charge in [-0.15, -0.1) is 11.8 Å². The van der Waals surface area contributed by atoms with Gasteiger partial charge in [-0.05, 0) is 31.9 Å². The molecule has 0 amide bonds. The zero-order valence-electron chi connectivity index (χ0n) is 10.2. The van der Waals surface area contributed by atoms with Gasteiger partial charge >= 0.3 is 6.18 Å². The van der Waals surface area contributed by atoms with Gasteiger partial charge in [-0.2, -0.15) is 13.2 Å². The van der Waals surface area contributed by atoms with E-state index in [9.17, 15) is 18.3 Å². The number of aryl methyl sites for hydroxylation is 1. The van der Waals surface area contributed by atoms with Gasteiger partial charge in [-0.25, -0.2) is 0 Å². The van der Waals surface area contributed by atoms with Gasteiger partial charge in [0.15, 0.2) is 0 Å². The monoisotopic (exact) mass is 278 g/mol. The molecule has 0 aromatic heterocycles. The maximum atomic E-state index is 11.9. The molecule has 0 radical (unpaired) electrons. The minimum absolute atomic E-state index is 0.0148. The Labute approximate surface area is 109 Å². The van der Waals surface area contributed by atoms with Crippen LogP contribution in [0.3, 0.4) is 0 Å². The number of aliphatic hydroxyl groups is 1. The second-order valence-electron chi connectivity index (χ2n) is 4.29. The summed E-state index contributed by atoms with van der Waals surface area (Å²) < 4.78 is 35.7. The van der Waals surface area contributed by atoms with Gasteiger partial charge in [0, 0.05) is 17.1 Å². The molecule has 0 aliphatic heterocycles. The molecule has 1 rings (SSSR count). The van der Waals surface area contributed by atoms with E-state index < -0.39 is 18.7 Å². The van der Waals surface area contributed by atoms with Crippen molar-refractivity contribution in [3.63, 3.8) is 0 Å². The van der Waals surface area contributed by atoms with Crippen molar-refractivity contribution in [3.05, 3.63) is 29.8 Å². The predicted octanol–water partition coefficient (Wildman–Crippen LogP) is 4.18. The van der Waals surface area contributed by atoms with E-state index in [2.05, 4.69) is 0 Å². The highest BCUT2D eigenvalue weighted by Gasteiger charge is 2.26. The fraction of sp³-hybridized carbons (Fsp3) is 0.538. The summed E-state index contributed by atoms with van der Waals surface area (Å²) in [4.78, 5) is 1.03. The summed E-state index contributed by atoms with van der Waals surface area (Å²) in [6, 6.07) is 7.82. The van der Waals surface area contributed by atoms with Crippen LogP contribution in [0.25, 0.3) is 0 Å². The van der Waals surface area contributed by atoms with Crippen LogP contribution in [0.1, 0.15) is 24.8 Å². The highest BCUT2D eigenvalue weighted by Crippen LogP contribution is 2.24. The van der Waals surface area contributed by atoms with Gasteiger partial charge in [0.25, 0.3) is 0 Å². The molecule has 1 nitrogen and oxygen atoms in total. The largest absolute Gasteiger partial charge is 0.392 e. The Morgan fingerprint density at radius 2 is 2.06 bits per heavy atom. The van der Waals surface area contributed by atoms with Crippen LogP contribution in [0, 0.1) is 6.92 Å². The van der Waals surface area contributed by atoms with Gasteiger partial charge in [0.05, 0.1) is 6.10 Å². The zero-order valence-corrected chi connectivity index (χ0v) is 11.0. The lowest BCUT2D eigenvalue weighted by Crippen LogP contribution is -2.13. The van der Waals surface area contributed by atoms with Crippen LogP contribution in [0.2, 0.25) is 0 Å². The lowest BCUT2D eigenvalue weighted by molar-refractivity contribution is -0.136. The third kappa shape index (κ3) is 6.91. The minimum Gasteiger partial charge on any atom is -0.392 e. The number of aliphatic hydroxyl groups excluding tert-OH is 1. The summed E-state index contributed by atoms with van der Waals surface area (Å²) in [5, 5.41) is 9.59. The molecule has 1 atom stereocenters. The van der Waals surface area contributed by atoms with E-state index in [1.165, 1.54) is 11.8 Å². The second-order valence-corrected chi connectivity index (χ2v) is 5.38. The van der Waals surface area contributed by atoms with E-state index in [4.69, 9.17) is 0 Å². The number of alkyl halides is 3. The average Bonchev–Trinajstić information content (AvgIpc) is 2.25. The van der Waals surface area contributed by atoms with E-state index >= 15 is 0 Å². The lowest BCUT2D eigenvalue weighted by Gasteiger charge is -2.11. The molecule has 1 aromatic rings. The summed E-state index contributed by atoms with van der Waals surface area (Å²) in [6.45, 7) is 1.98. The Morgan fingerprint density at radius 3 is 2.67 bits per heavy atom. The standard InChI is InChI=1S/C13H17F3OS/c1-10-4-2-6-12(8-10)18-9-11(17)5-3-7-13(14,15)16/h2,4,6,8,11,17H,3,5,7,9H2,1H3. The molecule has 0 aliphatic rings. The van der Waals surface area contributed by atoms with E-state index in [1.807, 2.05) is 31.2 Å². The maximum absolute atomic E-state index is 11.9. The predicted molar refractivity (Wildman–Crippen MR) is 67.8 cm³/mol. The van der Waals surface area contributed by atoms with E-state index in [0.717, 1.165) is 10.5 Å². The Kier molecular flexibility index (Phi) is 6.02.